The van der Waals surface area contributed by atoms with Crippen LogP contribution >= 0.6 is 0 Å². The van der Waals surface area contributed by atoms with Crippen LogP contribution in [0.15, 0.2) is 0 Å². The standard InChI is InChI=1S/2C10H14O2.C9H14O2.C8H10O2.C7H8O5.2C7H10O2.C6H8O3/c11-10-8-2-6-1-7(3-8)5-9(4-6)12-10;11-9-10(3-4-12-9)6-7-1-2-8(10)5-7;10-8-9(6-7-11-8)4-2-1-3-5-9;9-8-6-2-5-1-4(6)3-7(5)10-8;8-4-1-3-5(12-4)6-7(11-3)10-2-9-6;8-7-6-3-1-2-5(6)4-9-7;8-7-4-5-2-1-3-6(5)9-7;7-6-3-5-4(9-6)1-2-8-5/h6-9H,1-5H2;7-8H,1-6H2;1-7H2;4-7H,1-3H2;3,5-7H,1-2H2;2*5-6H,1-4H2;4-5H,1-3H2. The molecule has 20 heteroatoms. The van der Waals surface area contributed by atoms with Crippen LogP contribution in [0.5, 0.6) is 0 Å². The van der Waals surface area contributed by atoms with E-state index in [2.05, 4.69) is 0 Å². The van der Waals surface area contributed by atoms with Crippen molar-refractivity contribution >= 4 is 47.8 Å². The molecule has 22 aliphatic rings. The Morgan fingerprint density at radius 2 is 1.15 bits per heavy atom. The van der Waals surface area contributed by atoms with E-state index in [1.54, 1.807) is 0 Å². The third kappa shape index (κ3) is 12.3. The third-order valence-electron chi connectivity index (χ3n) is 23.2. The van der Waals surface area contributed by atoms with Gasteiger partial charge >= 0.3 is 47.8 Å². The van der Waals surface area contributed by atoms with E-state index in [9.17, 15) is 38.4 Å². The lowest BCUT2D eigenvalue weighted by Crippen LogP contribution is -2.39. The van der Waals surface area contributed by atoms with Gasteiger partial charge in [-0.25, -0.2) is 0 Å². The van der Waals surface area contributed by atoms with Crippen molar-refractivity contribution in [2.24, 2.45) is 75.9 Å². The van der Waals surface area contributed by atoms with Crippen LogP contribution in [0.4, 0.5) is 0 Å². The number of ether oxygens (including phenoxy) is 12. The number of rotatable bonds is 0. The first-order chi connectivity index (χ1) is 40.7. The lowest BCUT2D eigenvalue weighted by molar-refractivity contribution is -0.169. The van der Waals surface area contributed by atoms with Gasteiger partial charge in [-0.15, -0.1) is 0 Å². The first kappa shape index (κ1) is 58.6. The number of esters is 8. The molecular weight excluding hydrogens is 1090 g/mol. The van der Waals surface area contributed by atoms with Crippen LogP contribution in [-0.2, 0) is 95.2 Å². The quantitative estimate of drug-likeness (QED) is 0.165. The van der Waals surface area contributed by atoms with Crippen molar-refractivity contribution in [1.29, 1.82) is 0 Å². The monoisotopic (exact) mass is 1180 g/mol. The first-order valence-corrected chi connectivity index (χ1v) is 32.8. The fourth-order valence-electron chi connectivity index (χ4n) is 18.9. The smallest absolute Gasteiger partial charge is 0.312 e. The normalized spacial score (nSPS) is 45.1. The van der Waals surface area contributed by atoms with Gasteiger partial charge in [-0.3, -0.25) is 38.4 Å². The topological polar surface area (TPSA) is 247 Å². The summed E-state index contributed by atoms with van der Waals surface area (Å²) in [6.07, 6.45) is 32.0. The van der Waals surface area contributed by atoms with Gasteiger partial charge in [0.25, 0.3) is 0 Å². The van der Waals surface area contributed by atoms with Gasteiger partial charge in [-0.2, -0.15) is 0 Å². The summed E-state index contributed by atoms with van der Waals surface area (Å²) < 4.78 is 61.5. The van der Waals surface area contributed by atoms with Crippen molar-refractivity contribution in [2.45, 2.75) is 241 Å². The highest BCUT2D eigenvalue weighted by Crippen LogP contribution is 2.60. The molecule has 464 valence electrons. The largest absolute Gasteiger partial charge is 0.465 e. The molecule has 10 bridgehead atoms. The Bertz CT molecular complexity index is 2400. The molecule has 19 atom stereocenters. The van der Waals surface area contributed by atoms with Crippen molar-refractivity contribution in [3.05, 3.63) is 0 Å². The summed E-state index contributed by atoms with van der Waals surface area (Å²) in [5, 5.41) is 0. The van der Waals surface area contributed by atoms with Gasteiger partial charge in [-0.1, -0.05) is 32.1 Å². The second kappa shape index (κ2) is 25.0. The van der Waals surface area contributed by atoms with E-state index < -0.39 is 0 Å². The summed E-state index contributed by atoms with van der Waals surface area (Å²) >= 11 is 0. The molecular formula is C64H88O20. The molecule has 22 rings (SSSR count). The average Bonchev–Trinajstić information content (AvgIpc) is 4.45. The number of carbonyl (C=O) groups excluding carboxylic acids is 8. The predicted molar refractivity (Wildman–Crippen MR) is 289 cm³/mol. The molecule has 0 amide bonds. The highest BCUT2D eigenvalue weighted by atomic mass is 16.8. The molecule has 9 aliphatic carbocycles. The van der Waals surface area contributed by atoms with Gasteiger partial charge in [-0.05, 0) is 164 Å². The molecule has 2 spiro atoms. The van der Waals surface area contributed by atoms with Gasteiger partial charge < -0.3 is 56.8 Å². The highest BCUT2D eigenvalue weighted by molar-refractivity contribution is 5.80. The van der Waals surface area contributed by atoms with Crippen LogP contribution in [0.2, 0.25) is 0 Å². The van der Waals surface area contributed by atoms with Gasteiger partial charge in [0.2, 0.25) is 0 Å². The van der Waals surface area contributed by atoms with Crippen molar-refractivity contribution < 1.29 is 95.2 Å². The molecule has 20 nitrogen and oxygen atoms in total. The number of cyclic esters (lactones) is 3. The van der Waals surface area contributed by atoms with Crippen molar-refractivity contribution in [3.63, 3.8) is 0 Å². The lowest BCUT2D eigenvalue weighted by atomic mass is 9.68. The summed E-state index contributed by atoms with van der Waals surface area (Å²) in [6, 6.07) is 0. The molecule has 0 radical (unpaired) electrons. The molecule has 13 saturated heterocycles. The van der Waals surface area contributed by atoms with E-state index in [1.165, 1.54) is 83.5 Å². The van der Waals surface area contributed by atoms with Crippen LogP contribution in [-0.4, -0.2) is 136 Å². The van der Waals surface area contributed by atoms with Crippen LogP contribution in [0.3, 0.4) is 0 Å². The molecule has 9 saturated carbocycles. The second-order valence-corrected chi connectivity index (χ2v) is 28.2. The molecule has 19 unspecified atom stereocenters. The van der Waals surface area contributed by atoms with Crippen molar-refractivity contribution in [2.75, 3.05) is 33.2 Å². The summed E-state index contributed by atoms with van der Waals surface area (Å²) in [5.74, 6) is 6.74. The minimum Gasteiger partial charge on any atom is -0.465 e. The second-order valence-electron chi connectivity index (χ2n) is 28.2. The fraction of sp³-hybridized carbons (Fsp3) is 0.875. The zero-order valence-electron chi connectivity index (χ0n) is 48.8. The Hall–Kier alpha value is -4.40. The van der Waals surface area contributed by atoms with E-state index in [-0.39, 0.29) is 120 Å². The van der Waals surface area contributed by atoms with Crippen LogP contribution in [0.25, 0.3) is 0 Å². The fourth-order valence-corrected chi connectivity index (χ4v) is 18.9. The Kier molecular flexibility index (Phi) is 17.4. The zero-order chi connectivity index (χ0) is 57.7. The highest BCUT2D eigenvalue weighted by Gasteiger charge is 2.59. The first-order valence-electron chi connectivity index (χ1n) is 32.8. The predicted octanol–water partition coefficient (Wildman–Crippen LogP) is 7.87. The van der Waals surface area contributed by atoms with E-state index in [0.29, 0.717) is 80.9 Å². The van der Waals surface area contributed by atoms with Crippen LogP contribution in [0, 0.1) is 75.9 Å². The number of carbonyl (C=O) groups is 8. The van der Waals surface area contributed by atoms with Crippen molar-refractivity contribution in [3.8, 4) is 0 Å². The number of hydrogen-bond donors (Lipinski definition) is 0. The van der Waals surface area contributed by atoms with Gasteiger partial charge in [0.1, 0.15) is 36.6 Å². The Morgan fingerprint density at radius 1 is 0.405 bits per heavy atom. The van der Waals surface area contributed by atoms with Crippen LogP contribution in [0.1, 0.15) is 186 Å². The number of fused-ring (bicyclic) bond motifs is 11. The van der Waals surface area contributed by atoms with Gasteiger partial charge in [0, 0.05) is 18.3 Å². The zero-order valence-corrected chi connectivity index (χ0v) is 48.8. The molecule has 0 aromatic rings. The summed E-state index contributed by atoms with van der Waals surface area (Å²) in [4.78, 5) is 88.3. The van der Waals surface area contributed by atoms with Crippen LogP contribution < -0.4 is 0 Å². The summed E-state index contributed by atoms with van der Waals surface area (Å²) in [5.41, 5.74) is -0.0266. The maximum Gasteiger partial charge on any atom is 0.312 e. The average molecular weight is 1180 g/mol. The molecule has 0 aromatic heterocycles. The van der Waals surface area contributed by atoms with E-state index in [0.717, 1.165) is 114 Å². The Labute approximate surface area is 491 Å². The maximum absolute atomic E-state index is 11.6. The minimum atomic E-state index is -0.326. The number of hydrogen-bond acceptors (Lipinski definition) is 20. The molecule has 13 aliphatic heterocycles. The minimum absolute atomic E-state index is 0.00289. The summed E-state index contributed by atoms with van der Waals surface area (Å²) in [6.45, 7) is 3.03. The Morgan fingerprint density at radius 3 is 1.83 bits per heavy atom. The van der Waals surface area contributed by atoms with E-state index in [4.69, 9.17) is 56.8 Å². The van der Waals surface area contributed by atoms with E-state index >= 15 is 0 Å². The third-order valence-corrected chi connectivity index (χ3v) is 23.2. The summed E-state index contributed by atoms with van der Waals surface area (Å²) in [7, 11) is 0. The SMILES string of the molecule is O=C1CC2CCCC2O1.O=C1CC2OC3OCOC3C2O1.O=C1CC2OCCC2O1.O=C1OC2CC3CC(C2)CC1C3.O=C1OC2CC3CC2CC13.O=C1OCC2CCCC12.O=C1OCCC12CC1CCC2C1.O=C1OCCC12CCCCC2. The molecule has 84 heavy (non-hydrogen) atoms. The Balaban J connectivity index is 0.0000000898. The van der Waals surface area contributed by atoms with Gasteiger partial charge in [0.05, 0.1) is 74.3 Å². The van der Waals surface area contributed by atoms with Crippen molar-refractivity contribution in [1.82, 2.24) is 0 Å². The van der Waals surface area contributed by atoms with E-state index in [1.807, 2.05) is 0 Å². The maximum atomic E-state index is 11.6. The van der Waals surface area contributed by atoms with Gasteiger partial charge in [0.15, 0.2) is 25.3 Å². The molecule has 0 N–H and O–H groups in total. The molecule has 0 aromatic carbocycles. The molecule has 22 fully saturated rings. The lowest BCUT2D eigenvalue weighted by Gasteiger charge is -2.35. The molecule has 13 heterocycles.